The molecule has 82 valence electrons. The second kappa shape index (κ2) is 4.54. The van der Waals surface area contributed by atoms with E-state index in [1.807, 2.05) is 30.0 Å². The van der Waals surface area contributed by atoms with Crippen LogP contribution < -0.4 is 10.6 Å². The Kier molecular flexibility index (Phi) is 3.32. The van der Waals surface area contributed by atoms with Gasteiger partial charge >= 0.3 is 0 Å². The van der Waals surface area contributed by atoms with Crippen LogP contribution in [0, 0.1) is 0 Å². The zero-order valence-corrected chi connectivity index (χ0v) is 10.3. The summed E-state index contributed by atoms with van der Waals surface area (Å²) in [5.74, 6) is 2.32. The van der Waals surface area contributed by atoms with E-state index in [2.05, 4.69) is 11.8 Å². The lowest BCUT2D eigenvalue weighted by atomic mass is 10.2. The molecular weight excluding hydrogens is 228 g/mol. The zero-order chi connectivity index (χ0) is 10.8. The summed E-state index contributed by atoms with van der Waals surface area (Å²) in [5, 5.41) is 0.754. The van der Waals surface area contributed by atoms with Crippen LogP contribution in [0.5, 0.6) is 0 Å². The SMILES string of the molecule is CC1CSCCN1c1cc(Cl)ccc1N. The number of hydrogen-bond acceptors (Lipinski definition) is 3. The lowest BCUT2D eigenvalue weighted by Gasteiger charge is -2.35. The lowest BCUT2D eigenvalue weighted by Crippen LogP contribution is -2.40. The van der Waals surface area contributed by atoms with Crippen LogP contribution in [0.15, 0.2) is 18.2 Å². The van der Waals surface area contributed by atoms with Gasteiger partial charge in [-0.3, -0.25) is 0 Å². The van der Waals surface area contributed by atoms with E-state index in [1.165, 1.54) is 0 Å². The Morgan fingerprint density at radius 3 is 3.07 bits per heavy atom. The molecule has 1 saturated heterocycles. The van der Waals surface area contributed by atoms with E-state index >= 15 is 0 Å². The van der Waals surface area contributed by atoms with Crippen molar-refractivity contribution < 1.29 is 0 Å². The second-order valence-corrected chi connectivity index (χ2v) is 5.41. The van der Waals surface area contributed by atoms with Crippen LogP contribution in [0.3, 0.4) is 0 Å². The summed E-state index contributed by atoms with van der Waals surface area (Å²) >= 11 is 7.99. The number of hydrogen-bond donors (Lipinski definition) is 1. The number of nitrogen functional groups attached to an aromatic ring is 1. The van der Waals surface area contributed by atoms with Gasteiger partial charge in [0.2, 0.25) is 0 Å². The minimum Gasteiger partial charge on any atom is -0.397 e. The molecule has 0 amide bonds. The Hall–Kier alpha value is -0.540. The lowest BCUT2D eigenvalue weighted by molar-refractivity contribution is 0.701. The number of rotatable bonds is 1. The molecule has 1 aliphatic heterocycles. The molecule has 1 atom stereocenters. The van der Waals surface area contributed by atoms with Gasteiger partial charge in [0, 0.05) is 29.1 Å². The van der Waals surface area contributed by atoms with Crippen molar-refractivity contribution >= 4 is 34.7 Å². The molecule has 15 heavy (non-hydrogen) atoms. The number of nitrogens with two attached hydrogens (primary N) is 1. The summed E-state index contributed by atoms with van der Waals surface area (Å²) in [6, 6.07) is 6.21. The maximum Gasteiger partial charge on any atom is 0.0617 e. The number of anilines is 2. The summed E-state index contributed by atoms with van der Waals surface area (Å²) < 4.78 is 0. The third-order valence-electron chi connectivity index (χ3n) is 2.67. The first-order valence-electron chi connectivity index (χ1n) is 5.08. The van der Waals surface area contributed by atoms with Gasteiger partial charge < -0.3 is 10.6 Å². The molecule has 2 nitrogen and oxygen atoms in total. The molecule has 0 aliphatic carbocycles. The Bertz CT molecular complexity index is 356. The van der Waals surface area contributed by atoms with E-state index < -0.39 is 0 Å². The van der Waals surface area contributed by atoms with Crippen LogP contribution >= 0.6 is 23.4 Å². The van der Waals surface area contributed by atoms with Gasteiger partial charge in [-0.05, 0) is 25.1 Å². The third-order valence-corrected chi connectivity index (χ3v) is 4.09. The molecule has 1 heterocycles. The fourth-order valence-corrected chi connectivity index (χ4v) is 3.03. The Morgan fingerprint density at radius 2 is 2.33 bits per heavy atom. The number of thioether (sulfide) groups is 1. The van der Waals surface area contributed by atoms with Gasteiger partial charge in [-0.15, -0.1) is 0 Å². The molecule has 1 fully saturated rings. The van der Waals surface area contributed by atoms with E-state index in [1.54, 1.807) is 0 Å². The summed E-state index contributed by atoms with van der Waals surface area (Å²) in [6.45, 7) is 3.28. The summed E-state index contributed by atoms with van der Waals surface area (Å²) in [6.07, 6.45) is 0. The third kappa shape index (κ3) is 2.34. The predicted octanol–water partition coefficient (Wildman–Crippen LogP) is 2.86. The van der Waals surface area contributed by atoms with Crippen molar-refractivity contribution in [1.82, 2.24) is 0 Å². The summed E-state index contributed by atoms with van der Waals surface area (Å²) in [5.41, 5.74) is 7.87. The first-order chi connectivity index (χ1) is 7.18. The largest absolute Gasteiger partial charge is 0.397 e. The quantitative estimate of drug-likeness (QED) is 0.768. The van der Waals surface area contributed by atoms with Gasteiger partial charge in [0.15, 0.2) is 0 Å². The molecule has 0 spiro atoms. The van der Waals surface area contributed by atoms with Crippen molar-refractivity contribution in [2.75, 3.05) is 28.7 Å². The Morgan fingerprint density at radius 1 is 1.53 bits per heavy atom. The van der Waals surface area contributed by atoms with Crippen molar-refractivity contribution in [1.29, 1.82) is 0 Å². The van der Waals surface area contributed by atoms with Gasteiger partial charge in [-0.25, -0.2) is 0 Å². The average Bonchev–Trinajstić information content (AvgIpc) is 2.23. The minimum absolute atomic E-state index is 0.532. The first-order valence-corrected chi connectivity index (χ1v) is 6.61. The maximum absolute atomic E-state index is 6.00. The van der Waals surface area contributed by atoms with E-state index in [4.69, 9.17) is 17.3 Å². The van der Waals surface area contributed by atoms with Crippen LogP contribution in [-0.4, -0.2) is 24.1 Å². The highest BCUT2D eigenvalue weighted by molar-refractivity contribution is 7.99. The highest BCUT2D eigenvalue weighted by atomic mass is 35.5. The summed E-state index contributed by atoms with van der Waals surface area (Å²) in [7, 11) is 0. The molecule has 0 saturated carbocycles. The number of benzene rings is 1. The van der Waals surface area contributed by atoms with Crippen molar-refractivity contribution in [2.45, 2.75) is 13.0 Å². The highest BCUT2D eigenvalue weighted by Gasteiger charge is 2.20. The topological polar surface area (TPSA) is 29.3 Å². The van der Waals surface area contributed by atoms with Crippen LogP contribution in [0.4, 0.5) is 11.4 Å². The average molecular weight is 243 g/mol. The van der Waals surface area contributed by atoms with Gasteiger partial charge in [0.1, 0.15) is 0 Å². The molecule has 2 rings (SSSR count). The van der Waals surface area contributed by atoms with E-state index in [9.17, 15) is 0 Å². The van der Waals surface area contributed by atoms with Crippen LogP contribution in [0.1, 0.15) is 6.92 Å². The molecule has 0 aromatic heterocycles. The first kappa shape index (κ1) is 11.0. The molecule has 1 aliphatic rings. The molecular formula is C11H15ClN2S. The minimum atomic E-state index is 0.532. The standard InChI is InChI=1S/C11H15ClN2S/c1-8-7-15-5-4-14(8)11-6-9(12)2-3-10(11)13/h2-3,6,8H,4-5,7,13H2,1H3. The fraction of sp³-hybridized carbons (Fsp3) is 0.455. The van der Waals surface area contributed by atoms with E-state index in [-0.39, 0.29) is 0 Å². The van der Waals surface area contributed by atoms with E-state index in [0.29, 0.717) is 6.04 Å². The van der Waals surface area contributed by atoms with Gasteiger partial charge in [-0.2, -0.15) is 11.8 Å². The van der Waals surface area contributed by atoms with Crippen LogP contribution in [0.2, 0.25) is 5.02 Å². The Labute approximate surface area is 99.8 Å². The fourth-order valence-electron chi connectivity index (χ4n) is 1.85. The van der Waals surface area contributed by atoms with Gasteiger partial charge in [0.25, 0.3) is 0 Å². The normalized spacial score (nSPS) is 21.7. The van der Waals surface area contributed by atoms with Gasteiger partial charge in [0.05, 0.1) is 11.4 Å². The molecule has 0 radical (unpaired) electrons. The molecule has 2 N–H and O–H groups in total. The highest BCUT2D eigenvalue weighted by Crippen LogP contribution is 2.31. The number of halogens is 1. The van der Waals surface area contributed by atoms with E-state index in [0.717, 1.165) is 34.4 Å². The monoisotopic (exact) mass is 242 g/mol. The summed E-state index contributed by atoms with van der Waals surface area (Å²) in [4.78, 5) is 2.34. The maximum atomic E-state index is 6.00. The van der Waals surface area contributed by atoms with Crippen LogP contribution in [-0.2, 0) is 0 Å². The van der Waals surface area contributed by atoms with Crippen LogP contribution in [0.25, 0.3) is 0 Å². The molecule has 1 aromatic carbocycles. The van der Waals surface area contributed by atoms with Crippen molar-refractivity contribution in [3.8, 4) is 0 Å². The van der Waals surface area contributed by atoms with Crippen molar-refractivity contribution in [3.05, 3.63) is 23.2 Å². The molecule has 1 unspecified atom stereocenters. The molecule has 1 aromatic rings. The zero-order valence-electron chi connectivity index (χ0n) is 8.74. The van der Waals surface area contributed by atoms with Crippen molar-refractivity contribution in [2.24, 2.45) is 0 Å². The molecule has 0 bridgehead atoms. The smallest absolute Gasteiger partial charge is 0.0617 e. The Balaban J connectivity index is 2.30. The number of nitrogens with zero attached hydrogens (tertiary/aromatic N) is 1. The van der Waals surface area contributed by atoms with Gasteiger partial charge in [-0.1, -0.05) is 11.6 Å². The predicted molar refractivity (Wildman–Crippen MR) is 70.0 cm³/mol. The second-order valence-electron chi connectivity index (χ2n) is 3.82. The molecule has 4 heteroatoms. The van der Waals surface area contributed by atoms with Crippen molar-refractivity contribution in [3.63, 3.8) is 0 Å².